The predicted molar refractivity (Wildman–Crippen MR) is 102 cm³/mol. The van der Waals surface area contributed by atoms with Crippen LogP contribution in [0.2, 0.25) is 0 Å². The zero-order valence-corrected chi connectivity index (χ0v) is 14.6. The van der Waals surface area contributed by atoms with E-state index < -0.39 is 10.8 Å². The van der Waals surface area contributed by atoms with Crippen LogP contribution >= 0.6 is 24.0 Å². The van der Waals surface area contributed by atoms with Crippen LogP contribution in [0.3, 0.4) is 0 Å². The first kappa shape index (κ1) is 17.7. The number of para-hydroxylation sites is 2. The van der Waals surface area contributed by atoms with Crippen molar-refractivity contribution < 1.29 is 19.9 Å². The molecule has 132 valence electrons. The lowest BCUT2D eigenvalue weighted by molar-refractivity contribution is -0.384. The van der Waals surface area contributed by atoms with Crippen LogP contribution in [-0.2, 0) is 4.79 Å². The Morgan fingerprint density at radius 2 is 1.96 bits per heavy atom. The molecule has 0 radical (unpaired) electrons. The molecule has 10 heteroatoms. The maximum atomic E-state index is 12.6. The Morgan fingerprint density at radius 1 is 1.23 bits per heavy atom. The van der Waals surface area contributed by atoms with E-state index in [1.807, 2.05) is 0 Å². The smallest absolute Gasteiger partial charge is 0.294 e. The minimum atomic E-state index is -0.565. The number of anilines is 1. The molecule has 0 bridgehead atoms. The van der Waals surface area contributed by atoms with E-state index in [4.69, 9.17) is 12.2 Å². The summed E-state index contributed by atoms with van der Waals surface area (Å²) < 4.78 is 0.165. The fourth-order valence-electron chi connectivity index (χ4n) is 2.21. The lowest BCUT2D eigenvalue weighted by atomic mass is 10.1. The number of phenolic OH excluding ortho intramolecular Hbond substituents is 2. The van der Waals surface area contributed by atoms with Crippen LogP contribution in [0.5, 0.6) is 11.5 Å². The van der Waals surface area contributed by atoms with Gasteiger partial charge in [-0.25, -0.2) is 5.01 Å². The Kier molecular flexibility index (Phi) is 4.78. The highest BCUT2D eigenvalue weighted by Crippen LogP contribution is 2.36. The summed E-state index contributed by atoms with van der Waals surface area (Å²) in [5.74, 6) is -0.808. The molecule has 0 aromatic heterocycles. The van der Waals surface area contributed by atoms with Crippen LogP contribution in [0.15, 0.2) is 47.4 Å². The molecule has 0 saturated carbocycles. The number of hydrogen-bond acceptors (Lipinski definition) is 8. The second-order valence-electron chi connectivity index (χ2n) is 5.15. The van der Waals surface area contributed by atoms with Gasteiger partial charge in [-0.3, -0.25) is 20.3 Å². The highest BCUT2D eigenvalue weighted by Gasteiger charge is 2.33. The van der Waals surface area contributed by atoms with E-state index in [9.17, 15) is 25.1 Å². The normalized spacial score (nSPS) is 15.5. The third-order valence-corrected chi connectivity index (χ3v) is 4.73. The Labute approximate surface area is 156 Å². The van der Waals surface area contributed by atoms with E-state index in [1.165, 1.54) is 36.4 Å². The van der Waals surface area contributed by atoms with Crippen molar-refractivity contribution in [2.45, 2.75) is 0 Å². The van der Waals surface area contributed by atoms with E-state index in [2.05, 4.69) is 5.43 Å². The number of hydrazine groups is 1. The molecule has 1 fully saturated rings. The van der Waals surface area contributed by atoms with Gasteiger partial charge in [0.25, 0.3) is 11.6 Å². The number of benzene rings is 2. The minimum Gasteiger partial charge on any atom is -0.508 e. The summed E-state index contributed by atoms with van der Waals surface area (Å²) in [6.45, 7) is 0. The molecule has 0 aliphatic carbocycles. The third-order valence-electron chi connectivity index (χ3n) is 3.43. The quantitative estimate of drug-likeness (QED) is 0.316. The molecule has 1 heterocycles. The molecule has 0 unspecified atom stereocenters. The molecule has 1 saturated heterocycles. The Hall–Kier alpha value is -3.11. The molecule has 2 aromatic carbocycles. The average molecular weight is 389 g/mol. The van der Waals surface area contributed by atoms with Gasteiger partial charge >= 0.3 is 0 Å². The molecule has 1 amide bonds. The molecule has 8 nitrogen and oxygen atoms in total. The van der Waals surface area contributed by atoms with Crippen LogP contribution in [0.4, 0.5) is 11.4 Å². The molecule has 1 aliphatic heterocycles. The highest BCUT2D eigenvalue weighted by molar-refractivity contribution is 8.26. The highest BCUT2D eigenvalue weighted by atomic mass is 32.2. The van der Waals surface area contributed by atoms with E-state index in [0.29, 0.717) is 5.56 Å². The lowest BCUT2D eigenvalue weighted by Crippen LogP contribution is -2.34. The van der Waals surface area contributed by atoms with Crippen molar-refractivity contribution in [1.82, 2.24) is 5.01 Å². The maximum absolute atomic E-state index is 12.6. The van der Waals surface area contributed by atoms with Gasteiger partial charge in [0, 0.05) is 17.7 Å². The first-order valence-corrected chi connectivity index (χ1v) is 8.39. The topological polar surface area (TPSA) is 116 Å². The van der Waals surface area contributed by atoms with Gasteiger partial charge in [0.05, 0.1) is 9.83 Å². The number of amides is 1. The third kappa shape index (κ3) is 3.46. The van der Waals surface area contributed by atoms with Gasteiger partial charge < -0.3 is 10.2 Å². The Bertz CT molecular complexity index is 961. The van der Waals surface area contributed by atoms with Crippen molar-refractivity contribution in [2.24, 2.45) is 0 Å². The number of thioether (sulfide) groups is 1. The minimum absolute atomic E-state index is 0.106. The zero-order valence-electron chi connectivity index (χ0n) is 12.9. The van der Waals surface area contributed by atoms with Crippen molar-refractivity contribution >= 4 is 51.7 Å². The van der Waals surface area contributed by atoms with E-state index >= 15 is 0 Å². The van der Waals surface area contributed by atoms with E-state index in [0.717, 1.165) is 22.8 Å². The van der Waals surface area contributed by atoms with Gasteiger partial charge in [-0.05, 0) is 36.5 Å². The number of nitro groups is 1. The number of thiocarbonyl (C=S) groups is 1. The molecule has 0 atom stereocenters. The summed E-state index contributed by atoms with van der Waals surface area (Å²) in [6, 6.07) is 9.86. The molecular formula is C16H11N3O5S2. The van der Waals surface area contributed by atoms with Gasteiger partial charge in [-0.2, -0.15) is 0 Å². The van der Waals surface area contributed by atoms with Crippen LogP contribution in [-0.4, -0.2) is 30.4 Å². The SMILES string of the molecule is O=C1/C(=C\c2ccc(O)cc2O)SC(=S)N1Nc1ccccc1[N+](=O)[O-]. The number of aromatic hydroxyl groups is 2. The fraction of sp³-hybridized carbons (Fsp3) is 0. The largest absolute Gasteiger partial charge is 0.508 e. The van der Waals surface area contributed by atoms with Crippen molar-refractivity contribution in [1.29, 1.82) is 0 Å². The number of carbonyl (C=O) groups excluding carboxylic acids is 1. The second-order valence-corrected chi connectivity index (χ2v) is 6.82. The van der Waals surface area contributed by atoms with E-state index in [-0.39, 0.29) is 32.1 Å². The maximum Gasteiger partial charge on any atom is 0.294 e. The Morgan fingerprint density at radius 3 is 2.65 bits per heavy atom. The van der Waals surface area contributed by atoms with Gasteiger partial charge in [-0.15, -0.1) is 0 Å². The van der Waals surface area contributed by atoms with Crippen molar-refractivity contribution in [3.63, 3.8) is 0 Å². The second kappa shape index (κ2) is 7.02. The predicted octanol–water partition coefficient (Wildman–Crippen LogP) is 3.23. The summed E-state index contributed by atoms with van der Waals surface area (Å²) in [5.41, 5.74) is 2.93. The number of nitrogens with one attached hydrogen (secondary N) is 1. The van der Waals surface area contributed by atoms with Gasteiger partial charge in [0.15, 0.2) is 4.32 Å². The van der Waals surface area contributed by atoms with Crippen molar-refractivity contribution in [3.8, 4) is 11.5 Å². The molecule has 3 rings (SSSR count). The molecule has 1 aliphatic rings. The molecule has 3 N–H and O–H groups in total. The van der Waals surface area contributed by atoms with Crippen LogP contribution < -0.4 is 5.43 Å². The summed E-state index contributed by atoms with van der Waals surface area (Å²) >= 11 is 6.15. The molecular weight excluding hydrogens is 378 g/mol. The standard InChI is InChI=1S/C16H11N3O5S2/c20-10-6-5-9(13(21)8-10)7-14-15(22)18(16(25)26-14)17-11-3-1-2-4-12(11)19(23)24/h1-8,17,20-21H/b14-7+. The summed E-state index contributed by atoms with van der Waals surface area (Å²) in [5, 5.41) is 31.3. The molecule has 0 spiro atoms. The van der Waals surface area contributed by atoms with Crippen LogP contribution in [0, 0.1) is 10.1 Å². The number of rotatable bonds is 4. The zero-order chi connectivity index (χ0) is 18.8. The summed E-state index contributed by atoms with van der Waals surface area (Å²) in [4.78, 5) is 23.3. The number of phenols is 2. The van der Waals surface area contributed by atoms with E-state index in [1.54, 1.807) is 6.07 Å². The first-order chi connectivity index (χ1) is 12.4. The van der Waals surface area contributed by atoms with Gasteiger partial charge in [0.2, 0.25) is 0 Å². The van der Waals surface area contributed by atoms with Crippen LogP contribution in [0.25, 0.3) is 6.08 Å². The first-order valence-electron chi connectivity index (χ1n) is 7.17. The monoisotopic (exact) mass is 389 g/mol. The average Bonchev–Trinajstić information content (AvgIpc) is 2.85. The fourth-order valence-corrected chi connectivity index (χ4v) is 3.38. The number of carbonyl (C=O) groups is 1. The molecule has 26 heavy (non-hydrogen) atoms. The van der Waals surface area contributed by atoms with Gasteiger partial charge in [0.1, 0.15) is 17.2 Å². The number of nitro benzene ring substituents is 1. The lowest BCUT2D eigenvalue weighted by Gasteiger charge is -2.16. The number of hydrogen-bond donors (Lipinski definition) is 3. The number of nitrogens with zero attached hydrogens (tertiary/aromatic N) is 2. The molecule has 2 aromatic rings. The Balaban J connectivity index is 1.88. The summed E-state index contributed by atoms with van der Waals surface area (Å²) in [7, 11) is 0. The van der Waals surface area contributed by atoms with Gasteiger partial charge in [-0.1, -0.05) is 23.9 Å². The van der Waals surface area contributed by atoms with Crippen molar-refractivity contribution in [3.05, 3.63) is 63.0 Å². The summed E-state index contributed by atoms with van der Waals surface area (Å²) in [6.07, 6.45) is 1.43. The van der Waals surface area contributed by atoms with Crippen LogP contribution in [0.1, 0.15) is 5.56 Å². The van der Waals surface area contributed by atoms with Crippen molar-refractivity contribution in [2.75, 3.05) is 5.43 Å².